The molecule has 0 spiro atoms. The minimum Gasteiger partial charge on any atom is -0.361 e. The Morgan fingerprint density at radius 3 is 2.68 bits per heavy atom. The Morgan fingerprint density at radius 2 is 2.05 bits per heavy atom. The molecule has 122 valence electrons. The summed E-state index contributed by atoms with van der Waals surface area (Å²) in [4.78, 5) is 14.1. The van der Waals surface area contributed by atoms with Crippen LogP contribution in [0, 0.1) is 25.7 Å². The van der Waals surface area contributed by atoms with Crippen molar-refractivity contribution in [3.8, 4) is 0 Å². The van der Waals surface area contributed by atoms with E-state index in [1.165, 1.54) is 32.1 Å². The SMILES string of the molecule is Cc1noc(C)c1CN(C)C(=O)N[C@@H]1C[C@H]1C1CCCCC1. The molecule has 2 atom stereocenters. The molecule has 0 aliphatic heterocycles. The molecule has 0 radical (unpaired) electrons. The Kier molecular flexibility index (Phi) is 4.41. The summed E-state index contributed by atoms with van der Waals surface area (Å²) >= 11 is 0. The molecule has 2 aliphatic rings. The molecule has 5 heteroatoms. The summed E-state index contributed by atoms with van der Waals surface area (Å²) in [6.45, 7) is 4.35. The molecule has 2 saturated carbocycles. The average molecular weight is 305 g/mol. The van der Waals surface area contributed by atoms with Gasteiger partial charge in [0.05, 0.1) is 12.2 Å². The van der Waals surface area contributed by atoms with Gasteiger partial charge in [0.1, 0.15) is 5.76 Å². The van der Waals surface area contributed by atoms with Gasteiger partial charge in [0.2, 0.25) is 0 Å². The maximum Gasteiger partial charge on any atom is 0.317 e. The molecule has 0 bridgehead atoms. The third-order valence-corrected chi connectivity index (χ3v) is 5.33. The Balaban J connectivity index is 1.48. The molecular weight excluding hydrogens is 278 g/mol. The number of nitrogens with zero attached hydrogens (tertiary/aromatic N) is 2. The van der Waals surface area contributed by atoms with Crippen molar-refractivity contribution in [1.82, 2.24) is 15.4 Å². The van der Waals surface area contributed by atoms with Crippen LogP contribution in [0.25, 0.3) is 0 Å². The van der Waals surface area contributed by atoms with Crippen molar-refractivity contribution in [1.29, 1.82) is 0 Å². The van der Waals surface area contributed by atoms with E-state index in [1.54, 1.807) is 4.90 Å². The maximum absolute atomic E-state index is 12.3. The fourth-order valence-electron chi connectivity index (χ4n) is 3.77. The summed E-state index contributed by atoms with van der Waals surface area (Å²) in [5, 5.41) is 7.13. The van der Waals surface area contributed by atoms with Crippen molar-refractivity contribution in [2.75, 3.05) is 7.05 Å². The summed E-state index contributed by atoms with van der Waals surface area (Å²) in [7, 11) is 1.83. The number of aryl methyl sites for hydroxylation is 2. The smallest absolute Gasteiger partial charge is 0.317 e. The molecule has 1 aromatic rings. The second-order valence-electron chi connectivity index (χ2n) is 7.01. The van der Waals surface area contributed by atoms with Gasteiger partial charge in [-0.1, -0.05) is 37.3 Å². The summed E-state index contributed by atoms with van der Waals surface area (Å²) in [6, 6.07) is 0.408. The van der Waals surface area contributed by atoms with Gasteiger partial charge in [0, 0.05) is 18.7 Å². The van der Waals surface area contributed by atoms with Gasteiger partial charge < -0.3 is 14.7 Å². The Morgan fingerprint density at radius 1 is 1.32 bits per heavy atom. The van der Waals surface area contributed by atoms with Crippen LogP contribution in [0.15, 0.2) is 4.52 Å². The molecule has 5 nitrogen and oxygen atoms in total. The second-order valence-corrected chi connectivity index (χ2v) is 7.01. The van der Waals surface area contributed by atoms with Gasteiger partial charge in [-0.15, -0.1) is 0 Å². The Bertz CT molecular complexity index is 515. The quantitative estimate of drug-likeness (QED) is 0.927. The average Bonchev–Trinajstić information content (AvgIpc) is 3.22. The number of urea groups is 1. The minimum absolute atomic E-state index is 0.0170. The van der Waals surface area contributed by atoms with Gasteiger partial charge in [0.25, 0.3) is 0 Å². The van der Waals surface area contributed by atoms with E-state index < -0.39 is 0 Å². The van der Waals surface area contributed by atoms with E-state index in [1.807, 2.05) is 20.9 Å². The van der Waals surface area contributed by atoms with Crippen LogP contribution in [-0.4, -0.2) is 29.2 Å². The maximum atomic E-state index is 12.3. The van der Waals surface area contributed by atoms with Crippen molar-refractivity contribution < 1.29 is 9.32 Å². The van der Waals surface area contributed by atoms with Crippen LogP contribution in [0.2, 0.25) is 0 Å². The zero-order valence-electron chi connectivity index (χ0n) is 13.9. The molecule has 22 heavy (non-hydrogen) atoms. The molecule has 2 aliphatic carbocycles. The monoisotopic (exact) mass is 305 g/mol. The first kappa shape index (κ1) is 15.4. The van der Waals surface area contributed by atoms with Crippen molar-refractivity contribution in [3.63, 3.8) is 0 Å². The second kappa shape index (κ2) is 6.31. The summed E-state index contributed by atoms with van der Waals surface area (Å²) in [5.41, 5.74) is 1.88. The largest absolute Gasteiger partial charge is 0.361 e. The van der Waals surface area contributed by atoms with Gasteiger partial charge in [0.15, 0.2) is 0 Å². The van der Waals surface area contributed by atoms with Gasteiger partial charge >= 0.3 is 6.03 Å². The fourth-order valence-corrected chi connectivity index (χ4v) is 3.77. The first-order chi connectivity index (χ1) is 10.6. The Hall–Kier alpha value is -1.52. The number of hydrogen-bond donors (Lipinski definition) is 1. The lowest BCUT2D eigenvalue weighted by molar-refractivity contribution is 0.204. The lowest BCUT2D eigenvalue weighted by Gasteiger charge is -2.22. The number of nitrogens with one attached hydrogen (secondary N) is 1. The molecule has 2 amide bonds. The van der Waals surface area contributed by atoms with E-state index in [4.69, 9.17) is 4.52 Å². The van der Waals surface area contributed by atoms with Crippen molar-refractivity contribution in [2.45, 2.75) is 65.0 Å². The highest BCUT2D eigenvalue weighted by Crippen LogP contribution is 2.44. The summed E-state index contributed by atoms with van der Waals surface area (Å²) < 4.78 is 5.16. The van der Waals surface area contributed by atoms with E-state index in [9.17, 15) is 4.79 Å². The lowest BCUT2D eigenvalue weighted by Crippen LogP contribution is -2.39. The van der Waals surface area contributed by atoms with Crippen LogP contribution in [0.4, 0.5) is 4.79 Å². The van der Waals surface area contributed by atoms with Crippen molar-refractivity contribution in [3.05, 3.63) is 17.0 Å². The topological polar surface area (TPSA) is 58.4 Å². The lowest BCUT2D eigenvalue weighted by atomic mass is 9.85. The summed E-state index contributed by atoms with van der Waals surface area (Å²) in [5.74, 6) is 2.35. The van der Waals surface area contributed by atoms with Crippen LogP contribution in [-0.2, 0) is 6.54 Å². The third-order valence-electron chi connectivity index (χ3n) is 5.33. The van der Waals surface area contributed by atoms with Gasteiger partial charge in [-0.2, -0.15) is 0 Å². The number of aromatic nitrogens is 1. The Labute approximate surface area is 132 Å². The highest BCUT2D eigenvalue weighted by Gasteiger charge is 2.44. The van der Waals surface area contributed by atoms with E-state index >= 15 is 0 Å². The number of hydrogen-bond acceptors (Lipinski definition) is 3. The van der Waals surface area contributed by atoms with Crippen LogP contribution in [0.3, 0.4) is 0 Å². The van der Waals surface area contributed by atoms with Gasteiger partial charge in [-0.3, -0.25) is 0 Å². The molecule has 0 saturated heterocycles. The number of carbonyl (C=O) groups is 1. The molecule has 1 N–H and O–H groups in total. The zero-order valence-corrected chi connectivity index (χ0v) is 13.9. The highest BCUT2D eigenvalue weighted by atomic mass is 16.5. The molecular formula is C17H27N3O2. The van der Waals surface area contributed by atoms with Crippen LogP contribution in [0.1, 0.15) is 55.5 Å². The summed E-state index contributed by atoms with van der Waals surface area (Å²) in [6.07, 6.45) is 8.00. The molecule has 2 fully saturated rings. The predicted octanol–water partition coefficient (Wildman–Crippen LogP) is 3.40. The first-order valence-electron chi connectivity index (χ1n) is 8.49. The standard InChI is InChI=1S/C17H27N3O2/c1-11-15(12(2)22-19-11)10-20(3)17(21)18-16-9-14(16)13-7-5-4-6-8-13/h13-14,16H,4-10H2,1-3H3,(H,18,21)/t14-,16+/m0/s1. The number of carbonyl (C=O) groups excluding carboxylic acids is 1. The van der Waals surface area contributed by atoms with Crippen LogP contribution < -0.4 is 5.32 Å². The number of amides is 2. The molecule has 1 aromatic heterocycles. The zero-order chi connectivity index (χ0) is 15.7. The molecule has 0 unspecified atom stereocenters. The minimum atomic E-state index is 0.0170. The molecule has 3 rings (SSSR count). The van der Waals surface area contributed by atoms with Crippen molar-refractivity contribution >= 4 is 6.03 Å². The van der Waals surface area contributed by atoms with Crippen LogP contribution >= 0.6 is 0 Å². The predicted molar refractivity (Wildman–Crippen MR) is 84.4 cm³/mol. The molecule has 1 heterocycles. The number of rotatable bonds is 4. The fraction of sp³-hybridized carbons (Fsp3) is 0.765. The molecule has 0 aromatic carbocycles. The highest BCUT2D eigenvalue weighted by molar-refractivity contribution is 5.74. The van der Waals surface area contributed by atoms with Crippen LogP contribution in [0.5, 0.6) is 0 Å². The van der Waals surface area contributed by atoms with E-state index in [-0.39, 0.29) is 6.03 Å². The van der Waals surface area contributed by atoms with Crippen molar-refractivity contribution in [2.24, 2.45) is 11.8 Å². The van der Waals surface area contributed by atoms with E-state index in [0.29, 0.717) is 12.6 Å². The third kappa shape index (κ3) is 3.28. The van der Waals surface area contributed by atoms with E-state index in [0.717, 1.165) is 35.3 Å². The first-order valence-corrected chi connectivity index (χ1v) is 8.49. The van der Waals surface area contributed by atoms with Gasteiger partial charge in [-0.25, -0.2) is 4.79 Å². The normalized spacial score (nSPS) is 25.0. The van der Waals surface area contributed by atoms with E-state index in [2.05, 4.69) is 10.5 Å². The van der Waals surface area contributed by atoms with Gasteiger partial charge in [-0.05, 0) is 32.1 Å².